The molecule has 0 aromatic heterocycles. The average Bonchev–Trinajstić information content (AvgIpc) is 2.92. The molecule has 1 aromatic rings. The SMILES string of the molecule is C[C@@H](OC(=O)[C@@H]1CCCO1)C(=O)Nc1cccc(Cl)c1. The fraction of sp³-hybridized carbons (Fsp3) is 0.429. The summed E-state index contributed by atoms with van der Waals surface area (Å²) in [5, 5.41) is 3.16. The summed E-state index contributed by atoms with van der Waals surface area (Å²) in [6.07, 6.45) is 0.0479. The van der Waals surface area contributed by atoms with E-state index in [1.165, 1.54) is 6.92 Å². The van der Waals surface area contributed by atoms with Crippen LogP contribution in [-0.4, -0.2) is 30.7 Å². The number of anilines is 1. The largest absolute Gasteiger partial charge is 0.451 e. The van der Waals surface area contributed by atoms with Crippen LogP contribution in [0.2, 0.25) is 5.02 Å². The fourth-order valence-corrected chi connectivity index (χ4v) is 2.07. The monoisotopic (exact) mass is 297 g/mol. The van der Waals surface area contributed by atoms with Crippen molar-refractivity contribution in [1.82, 2.24) is 0 Å². The molecule has 108 valence electrons. The van der Waals surface area contributed by atoms with Gasteiger partial charge in [-0.15, -0.1) is 0 Å². The Morgan fingerprint density at radius 1 is 1.50 bits per heavy atom. The number of rotatable bonds is 4. The fourth-order valence-electron chi connectivity index (χ4n) is 1.88. The lowest BCUT2D eigenvalue weighted by atomic mass is 10.2. The maximum absolute atomic E-state index is 11.9. The molecule has 0 aliphatic carbocycles. The number of amides is 1. The zero-order chi connectivity index (χ0) is 14.5. The molecule has 0 spiro atoms. The van der Waals surface area contributed by atoms with Crippen LogP contribution >= 0.6 is 11.6 Å². The lowest BCUT2D eigenvalue weighted by molar-refractivity contribution is -0.162. The van der Waals surface area contributed by atoms with E-state index in [2.05, 4.69) is 5.32 Å². The third kappa shape index (κ3) is 3.95. The number of hydrogen-bond acceptors (Lipinski definition) is 4. The molecular weight excluding hydrogens is 282 g/mol. The van der Waals surface area contributed by atoms with Crippen molar-refractivity contribution in [3.05, 3.63) is 29.3 Å². The van der Waals surface area contributed by atoms with Gasteiger partial charge >= 0.3 is 5.97 Å². The van der Waals surface area contributed by atoms with E-state index in [1.807, 2.05) is 0 Å². The second-order valence-electron chi connectivity index (χ2n) is 4.58. The number of ether oxygens (including phenoxy) is 2. The van der Waals surface area contributed by atoms with Gasteiger partial charge in [-0.1, -0.05) is 17.7 Å². The summed E-state index contributed by atoms with van der Waals surface area (Å²) in [6, 6.07) is 6.76. The molecule has 0 saturated carbocycles. The van der Waals surface area contributed by atoms with Crippen molar-refractivity contribution in [2.75, 3.05) is 11.9 Å². The Balaban J connectivity index is 1.86. The molecule has 0 radical (unpaired) electrons. The molecule has 2 atom stereocenters. The molecular formula is C14H16ClNO4. The molecule has 1 N–H and O–H groups in total. The lowest BCUT2D eigenvalue weighted by Crippen LogP contribution is -2.33. The molecule has 1 saturated heterocycles. The van der Waals surface area contributed by atoms with Gasteiger partial charge in [-0.3, -0.25) is 4.79 Å². The molecule has 6 heteroatoms. The first-order valence-electron chi connectivity index (χ1n) is 6.45. The first-order chi connectivity index (χ1) is 9.56. The van der Waals surface area contributed by atoms with Gasteiger partial charge in [0.1, 0.15) is 0 Å². The van der Waals surface area contributed by atoms with Gasteiger partial charge in [-0.05, 0) is 38.0 Å². The van der Waals surface area contributed by atoms with Crippen LogP contribution in [0.4, 0.5) is 5.69 Å². The number of carbonyl (C=O) groups is 2. The van der Waals surface area contributed by atoms with Crippen LogP contribution in [0.15, 0.2) is 24.3 Å². The molecule has 2 rings (SSSR count). The number of carbonyl (C=O) groups excluding carboxylic acids is 2. The molecule has 0 bridgehead atoms. The van der Waals surface area contributed by atoms with E-state index in [0.29, 0.717) is 23.7 Å². The molecule has 1 aliphatic heterocycles. The van der Waals surface area contributed by atoms with E-state index < -0.39 is 24.1 Å². The second kappa shape index (κ2) is 6.72. The van der Waals surface area contributed by atoms with Crippen molar-refractivity contribution >= 4 is 29.2 Å². The van der Waals surface area contributed by atoms with Crippen LogP contribution in [0.3, 0.4) is 0 Å². The van der Waals surface area contributed by atoms with Crippen molar-refractivity contribution in [3.8, 4) is 0 Å². The van der Waals surface area contributed by atoms with Crippen LogP contribution in [0.1, 0.15) is 19.8 Å². The Morgan fingerprint density at radius 2 is 2.30 bits per heavy atom. The van der Waals surface area contributed by atoms with Gasteiger partial charge in [0.15, 0.2) is 12.2 Å². The first-order valence-corrected chi connectivity index (χ1v) is 6.82. The molecule has 1 amide bonds. The highest BCUT2D eigenvalue weighted by Crippen LogP contribution is 2.16. The summed E-state index contributed by atoms with van der Waals surface area (Å²) in [6.45, 7) is 2.08. The molecule has 5 nitrogen and oxygen atoms in total. The zero-order valence-corrected chi connectivity index (χ0v) is 11.9. The zero-order valence-electron chi connectivity index (χ0n) is 11.1. The number of halogens is 1. The summed E-state index contributed by atoms with van der Waals surface area (Å²) < 4.78 is 10.3. The third-order valence-corrected chi connectivity index (χ3v) is 3.18. The standard InChI is InChI=1S/C14H16ClNO4/c1-9(20-14(18)12-6-3-7-19-12)13(17)16-11-5-2-4-10(15)8-11/h2,4-5,8-9,12H,3,6-7H2,1H3,(H,16,17)/t9-,12+/m1/s1. The molecule has 1 heterocycles. The van der Waals surface area contributed by atoms with Gasteiger partial charge in [-0.2, -0.15) is 0 Å². The Kier molecular flexibility index (Phi) is 4.98. The quantitative estimate of drug-likeness (QED) is 0.867. The minimum atomic E-state index is -0.884. The average molecular weight is 298 g/mol. The molecule has 0 unspecified atom stereocenters. The summed E-state index contributed by atoms with van der Waals surface area (Å²) >= 11 is 5.83. The van der Waals surface area contributed by atoms with Gasteiger partial charge in [0, 0.05) is 17.3 Å². The smallest absolute Gasteiger partial charge is 0.336 e. The third-order valence-electron chi connectivity index (χ3n) is 2.95. The predicted octanol–water partition coefficient (Wildman–Crippen LogP) is 2.39. The molecule has 1 aromatic carbocycles. The molecule has 1 fully saturated rings. The number of benzene rings is 1. The van der Waals surface area contributed by atoms with Crippen LogP contribution in [0.5, 0.6) is 0 Å². The first kappa shape index (κ1) is 14.8. The predicted molar refractivity (Wildman–Crippen MR) is 74.6 cm³/mol. The second-order valence-corrected chi connectivity index (χ2v) is 5.02. The Bertz CT molecular complexity index is 500. The van der Waals surface area contributed by atoms with Gasteiger partial charge in [-0.25, -0.2) is 4.79 Å². The normalized spacial score (nSPS) is 19.4. The van der Waals surface area contributed by atoms with Gasteiger partial charge in [0.05, 0.1) is 0 Å². The highest BCUT2D eigenvalue weighted by atomic mass is 35.5. The van der Waals surface area contributed by atoms with Crippen LogP contribution < -0.4 is 5.32 Å². The minimum Gasteiger partial charge on any atom is -0.451 e. The Morgan fingerprint density at radius 3 is 2.95 bits per heavy atom. The maximum Gasteiger partial charge on any atom is 0.336 e. The topological polar surface area (TPSA) is 64.6 Å². The Hall–Kier alpha value is -1.59. The molecule has 1 aliphatic rings. The van der Waals surface area contributed by atoms with E-state index in [4.69, 9.17) is 21.1 Å². The van der Waals surface area contributed by atoms with Crippen molar-refractivity contribution in [1.29, 1.82) is 0 Å². The maximum atomic E-state index is 11.9. The van der Waals surface area contributed by atoms with Crippen LogP contribution in [0, 0.1) is 0 Å². The van der Waals surface area contributed by atoms with Crippen LogP contribution in [-0.2, 0) is 19.1 Å². The van der Waals surface area contributed by atoms with E-state index in [0.717, 1.165) is 6.42 Å². The Labute approximate surface area is 122 Å². The summed E-state index contributed by atoms with van der Waals surface area (Å²) in [5.41, 5.74) is 0.558. The van der Waals surface area contributed by atoms with Gasteiger partial charge in [0.25, 0.3) is 5.91 Å². The van der Waals surface area contributed by atoms with Gasteiger partial charge < -0.3 is 14.8 Å². The molecule has 20 heavy (non-hydrogen) atoms. The van der Waals surface area contributed by atoms with E-state index in [9.17, 15) is 9.59 Å². The highest BCUT2D eigenvalue weighted by Gasteiger charge is 2.28. The summed E-state index contributed by atoms with van der Waals surface area (Å²) in [5.74, 6) is -0.894. The minimum absolute atomic E-state index is 0.404. The van der Waals surface area contributed by atoms with E-state index in [-0.39, 0.29) is 0 Å². The lowest BCUT2D eigenvalue weighted by Gasteiger charge is -2.16. The van der Waals surface area contributed by atoms with Crippen molar-refractivity contribution in [3.63, 3.8) is 0 Å². The summed E-state index contributed by atoms with van der Waals surface area (Å²) in [7, 11) is 0. The van der Waals surface area contributed by atoms with E-state index >= 15 is 0 Å². The van der Waals surface area contributed by atoms with Gasteiger partial charge in [0.2, 0.25) is 0 Å². The van der Waals surface area contributed by atoms with Crippen molar-refractivity contribution < 1.29 is 19.1 Å². The van der Waals surface area contributed by atoms with Crippen molar-refractivity contribution in [2.45, 2.75) is 32.0 Å². The van der Waals surface area contributed by atoms with E-state index in [1.54, 1.807) is 24.3 Å². The summed E-state index contributed by atoms with van der Waals surface area (Å²) in [4.78, 5) is 23.6. The van der Waals surface area contributed by atoms with Crippen molar-refractivity contribution in [2.24, 2.45) is 0 Å². The highest BCUT2D eigenvalue weighted by molar-refractivity contribution is 6.30. The van der Waals surface area contributed by atoms with Crippen LogP contribution in [0.25, 0.3) is 0 Å². The number of esters is 1. The number of nitrogens with one attached hydrogen (secondary N) is 1. The number of hydrogen-bond donors (Lipinski definition) is 1.